The first-order chi connectivity index (χ1) is 23.9. The lowest BCUT2D eigenvalue weighted by Crippen LogP contribution is -2.45. The molecule has 2 aliphatic heterocycles. The number of hydrogen-bond donors (Lipinski definition) is 2. The Bertz CT molecular complexity index is 1600. The number of hydrogen-bond acceptors (Lipinski definition) is 7. The van der Waals surface area contributed by atoms with E-state index in [1.54, 1.807) is 19.3 Å². The number of pyridine rings is 1. The largest absolute Gasteiger partial charge is 0.363 e. The summed E-state index contributed by atoms with van der Waals surface area (Å²) >= 11 is 6.56. The first-order valence-electron chi connectivity index (χ1n) is 17.7. The molecule has 2 aromatic rings. The van der Waals surface area contributed by atoms with Gasteiger partial charge in [-0.15, -0.1) is 6.58 Å². The molecule has 4 bridgehead atoms. The fourth-order valence-electron chi connectivity index (χ4n) is 6.01. The molecule has 50 heavy (non-hydrogen) atoms. The lowest BCUT2D eigenvalue weighted by atomic mass is 9.94. The number of carbonyl (C=O) groups is 2. The lowest BCUT2D eigenvalue weighted by molar-refractivity contribution is -0.138. The Balaban J connectivity index is 0.00000217. The highest BCUT2D eigenvalue weighted by atomic mass is 35.5. The van der Waals surface area contributed by atoms with Crippen LogP contribution in [0.2, 0.25) is 0 Å². The molecule has 1 aromatic carbocycles. The van der Waals surface area contributed by atoms with Crippen molar-refractivity contribution in [3.8, 4) is 0 Å². The van der Waals surface area contributed by atoms with Gasteiger partial charge in [0.1, 0.15) is 17.7 Å². The number of nitrogens with zero attached hydrogens (tertiary/aromatic N) is 5. The minimum atomic E-state index is -0.232. The fraction of sp³-hybridized carbons (Fsp3) is 0.475. The van der Waals surface area contributed by atoms with Gasteiger partial charge in [0.2, 0.25) is 5.91 Å². The van der Waals surface area contributed by atoms with Gasteiger partial charge in [-0.25, -0.2) is 4.99 Å². The van der Waals surface area contributed by atoms with E-state index in [-0.39, 0.29) is 23.9 Å². The topological polar surface area (TPSA) is 102 Å². The van der Waals surface area contributed by atoms with Gasteiger partial charge in [-0.3, -0.25) is 19.6 Å². The molecule has 0 radical (unpaired) electrons. The van der Waals surface area contributed by atoms with E-state index < -0.39 is 0 Å². The van der Waals surface area contributed by atoms with E-state index in [2.05, 4.69) is 66.2 Å². The molecule has 2 aliphatic rings. The van der Waals surface area contributed by atoms with Crippen molar-refractivity contribution in [1.82, 2.24) is 14.8 Å². The van der Waals surface area contributed by atoms with E-state index in [4.69, 9.17) is 16.6 Å². The average Bonchev–Trinajstić information content (AvgIpc) is 3.12. The number of carbonyl (C=O) groups excluding carboxylic acids is 2. The van der Waals surface area contributed by atoms with Gasteiger partial charge in [-0.05, 0) is 107 Å². The highest BCUT2D eigenvalue weighted by Gasteiger charge is 2.30. The maximum atomic E-state index is 13.7. The second-order valence-electron chi connectivity index (χ2n) is 13.1. The van der Waals surface area contributed by atoms with Gasteiger partial charge in [0.15, 0.2) is 0 Å². The molecule has 1 fully saturated rings. The van der Waals surface area contributed by atoms with Gasteiger partial charge in [-0.2, -0.15) is 0 Å². The van der Waals surface area contributed by atoms with E-state index in [0.717, 1.165) is 52.9 Å². The van der Waals surface area contributed by atoms with Gasteiger partial charge in [0, 0.05) is 51.5 Å². The summed E-state index contributed by atoms with van der Waals surface area (Å²) < 4.78 is 0. The van der Waals surface area contributed by atoms with Gasteiger partial charge >= 0.3 is 0 Å². The van der Waals surface area contributed by atoms with Crippen LogP contribution in [0.5, 0.6) is 0 Å². The molecule has 1 aromatic heterocycles. The van der Waals surface area contributed by atoms with Crippen molar-refractivity contribution in [1.29, 1.82) is 0 Å². The van der Waals surface area contributed by atoms with Gasteiger partial charge in [0.05, 0.1) is 16.9 Å². The monoisotopic (exact) mass is 701 g/mol. The molecular formula is C40H56ClN7O2. The number of amidine groups is 1. The predicted octanol–water partition coefficient (Wildman–Crippen LogP) is 8.04. The minimum absolute atomic E-state index is 0.0574. The third kappa shape index (κ3) is 11.4. The van der Waals surface area contributed by atoms with E-state index in [0.29, 0.717) is 55.0 Å². The number of anilines is 2. The third-order valence-corrected chi connectivity index (χ3v) is 9.65. The Morgan fingerprint density at radius 1 is 1.16 bits per heavy atom. The van der Waals surface area contributed by atoms with E-state index in [1.807, 2.05) is 62.0 Å². The number of halogens is 1. The molecule has 2 amide bonds. The van der Waals surface area contributed by atoms with Crippen molar-refractivity contribution in [3.63, 3.8) is 0 Å². The third-order valence-electron chi connectivity index (χ3n) is 9.25. The van der Waals surface area contributed by atoms with Gasteiger partial charge < -0.3 is 20.4 Å². The number of amides is 2. The van der Waals surface area contributed by atoms with E-state index in [9.17, 15) is 9.59 Å². The zero-order valence-electron chi connectivity index (χ0n) is 31.2. The molecule has 3 heterocycles. The normalized spacial score (nSPS) is 19.1. The number of fused-ring (bicyclic) bond motifs is 4. The number of aliphatic imine (C=N–C) groups is 2. The summed E-state index contributed by atoms with van der Waals surface area (Å²) in [5.74, 6) is 0.901. The average molecular weight is 702 g/mol. The molecule has 0 saturated carbocycles. The van der Waals surface area contributed by atoms with Crippen LogP contribution in [0.15, 0.2) is 82.1 Å². The van der Waals surface area contributed by atoms with Crippen LogP contribution in [0, 0.1) is 11.8 Å². The van der Waals surface area contributed by atoms with Crippen LogP contribution in [0.25, 0.3) is 0 Å². The number of piperidine rings is 1. The molecule has 2 atom stereocenters. The summed E-state index contributed by atoms with van der Waals surface area (Å²) in [5, 5.41) is 7.34. The Morgan fingerprint density at radius 2 is 1.86 bits per heavy atom. The summed E-state index contributed by atoms with van der Waals surface area (Å²) in [7, 11) is 3.54. The summed E-state index contributed by atoms with van der Waals surface area (Å²) in [6.07, 6.45) is 12.8. The Morgan fingerprint density at radius 3 is 2.50 bits per heavy atom. The summed E-state index contributed by atoms with van der Waals surface area (Å²) in [5.41, 5.74) is 6.77. The zero-order valence-corrected chi connectivity index (χ0v) is 32.0. The quantitative estimate of drug-likeness (QED) is 0.214. The zero-order chi connectivity index (χ0) is 36.8. The van der Waals surface area contributed by atoms with E-state index >= 15 is 0 Å². The number of nitrogens with one attached hydrogen (secondary N) is 2. The Labute approximate surface area is 304 Å². The highest BCUT2D eigenvalue weighted by molar-refractivity contribution is 6.45. The maximum absolute atomic E-state index is 13.7. The van der Waals surface area contributed by atoms with Gasteiger partial charge in [-0.1, -0.05) is 49.2 Å². The van der Waals surface area contributed by atoms with Crippen molar-refractivity contribution in [2.75, 3.05) is 37.8 Å². The fourth-order valence-corrected chi connectivity index (χ4v) is 6.10. The van der Waals surface area contributed by atoms with Crippen LogP contribution in [0.3, 0.4) is 0 Å². The second-order valence-corrected chi connectivity index (χ2v) is 13.5. The molecule has 2 unspecified atom stereocenters. The van der Waals surface area contributed by atoms with Crippen molar-refractivity contribution in [2.45, 2.75) is 86.4 Å². The van der Waals surface area contributed by atoms with Crippen LogP contribution in [0.4, 0.5) is 11.4 Å². The number of aromatic nitrogens is 1. The van der Waals surface area contributed by atoms with Crippen molar-refractivity contribution in [2.24, 2.45) is 21.8 Å². The number of aryl methyl sites for hydroxylation is 2. The predicted molar refractivity (Wildman–Crippen MR) is 210 cm³/mol. The summed E-state index contributed by atoms with van der Waals surface area (Å²) in [6.45, 7) is 17.0. The first-order valence-corrected chi connectivity index (χ1v) is 18.1. The molecule has 0 spiro atoms. The lowest BCUT2D eigenvalue weighted by Gasteiger charge is -2.33. The van der Waals surface area contributed by atoms with Crippen LogP contribution in [-0.4, -0.2) is 71.5 Å². The number of rotatable bonds is 8. The standard InChI is InChI=1S/C37H50ClN7O2.C3H6/c1-8-24(3)25(4)18-34(39-6)37(47)45-16-14-28(15-17-45)36(46)44(7)23-30-12-13-31-20-29(30)11-10-27-19-32(22-40-21-27)41-26(5)42-35(43-31)33(38)9-2;1-3-2/h9,12-13,18-22,24,26,28,41H,8,10-11,14-17,23H2,1-7H3,(H,42,43);3H,1H2,2H3/b25-18-,33-9+,39-34?;. The maximum Gasteiger partial charge on any atom is 0.271 e. The molecule has 2 N–H and O–H groups in total. The molecule has 270 valence electrons. The SMILES string of the molecule is C/C=C(Cl)\C1=N/C(C)Nc2cncc(c2)CCc2cc(ccc2CN(C)C(=O)C2CCN(C(=O)C(/C=C(/C)C(C)CC)=NC)CC2)N1.C=CC. The molecule has 0 aliphatic carbocycles. The molecule has 9 nitrogen and oxygen atoms in total. The highest BCUT2D eigenvalue weighted by Crippen LogP contribution is 2.25. The van der Waals surface area contributed by atoms with Crippen molar-refractivity contribution in [3.05, 3.63) is 88.8 Å². The van der Waals surface area contributed by atoms with E-state index in [1.165, 1.54) is 0 Å². The smallest absolute Gasteiger partial charge is 0.271 e. The summed E-state index contributed by atoms with van der Waals surface area (Å²) in [6, 6.07) is 8.33. The second kappa shape index (κ2) is 19.8. The first kappa shape index (κ1) is 40.2. The van der Waals surface area contributed by atoms with Crippen molar-refractivity contribution >= 4 is 46.3 Å². The Kier molecular flexibility index (Phi) is 15.9. The number of allylic oxidation sites excluding steroid dienone is 3. The van der Waals surface area contributed by atoms with Crippen LogP contribution in [0.1, 0.15) is 77.5 Å². The molecule has 4 rings (SSSR count). The van der Waals surface area contributed by atoms with Crippen LogP contribution < -0.4 is 10.6 Å². The number of likely N-dealkylation sites (tertiary alicyclic amines) is 1. The molecular weight excluding hydrogens is 646 g/mol. The molecule has 1 saturated heterocycles. The van der Waals surface area contributed by atoms with Crippen LogP contribution in [-0.2, 0) is 29.0 Å². The van der Waals surface area contributed by atoms with Crippen LogP contribution >= 0.6 is 11.6 Å². The van der Waals surface area contributed by atoms with Crippen molar-refractivity contribution < 1.29 is 9.59 Å². The Hall–Kier alpha value is -4.24. The van der Waals surface area contributed by atoms with Gasteiger partial charge in [0.25, 0.3) is 5.91 Å². The minimum Gasteiger partial charge on any atom is -0.363 e. The molecule has 10 heteroatoms. The summed E-state index contributed by atoms with van der Waals surface area (Å²) in [4.78, 5) is 44.1. The number of benzene rings is 1.